The molecule has 0 spiro atoms. The lowest BCUT2D eigenvalue weighted by Gasteiger charge is -2.18. The molecule has 3 N–H and O–H groups in total. The van der Waals surface area contributed by atoms with Gasteiger partial charge in [-0.25, -0.2) is 0 Å². The lowest BCUT2D eigenvalue weighted by molar-refractivity contribution is 0.440. The van der Waals surface area contributed by atoms with E-state index in [0.29, 0.717) is 5.41 Å². The van der Waals surface area contributed by atoms with Crippen molar-refractivity contribution >= 4 is 0 Å². The van der Waals surface area contributed by atoms with Gasteiger partial charge in [0, 0.05) is 11.6 Å². The Labute approximate surface area is 82.3 Å². The summed E-state index contributed by atoms with van der Waals surface area (Å²) in [6.07, 6.45) is 3.63. The molecule has 0 bridgehead atoms. The van der Waals surface area contributed by atoms with E-state index in [1.165, 1.54) is 12.8 Å². The highest BCUT2D eigenvalue weighted by Gasteiger charge is 2.44. The van der Waals surface area contributed by atoms with Crippen molar-refractivity contribution in [2.75, 3.05) is 6.54 Å². The lowest BCUT2D eigenvalue weighted by atomic mass is 10.0. The number of nitrogens with one attached hydrogen (secondary N) is 1. The van der Waals surface area contributed by atoms with Crippen molar-refractivity contribution in [1.82, 2.24) is 5.32 Å². The average Bonchev–Trinajstić information content (AvgIpc) is 2.50. The van der Waals surface area contributed by atoms with E-state index in [9.17, 15) is 0 Å². The van der Waals surface area contributed by atoms with Crippen LogP contribution in [0.25, 0.3) is 0 Å². The first kappa shape index (κ1) is 11.0. The van der Waals surface area contributed by atoms with E-state index in [2.05, 4.69) is 33.0 Å². The van der Waals surface area contributed by atoms with Gasteiger partial charge in [0.1, 0.15) is 0 Å². The Hall–Kier alpha value is -0.0800. The molecule has 1 rings (SSSR count). The molecule has 1 aliphatic carbocycles. The van der Waals surface area contributed by atoms with Crippen LogP contribution in [-0.2, 0) is 0 Å². The second kappa shape index (κ2) is 3.58. The Morgan fingerprint density at radius 2 is 2.00 bits per heavy atom. The van der Waals surface area contributed by atoms with Crippen molar-refractivity contribution in [3.8, 4) is 0 Å². The van der Waals surface area contributed by atoms with Crippen LogP contribution < -0.4 is 11.1 Å². The second-order valence-electron chi connectivity index (χ2n) is 5.79. The first-order chi connectivity index (χ1) is 5.81. The Morgan fingerprint density at radius 1 is 1.46 bits per heavy atom. The molecule has 0 aliphatic heterocycles. The third kappa shape index (κ3) is 4.10. The molecule has 1 atom stereocenters. The summed E-state index contributed by atoms with van der Waals surface area (Å²) in [6.45, 7) is 9.94. The fraction of sp³-hybridized carbons (Fsp3) is 1.00. The van der Waals surface area contributed by atoms with Crippen LogP contribution in [0.15, 0.2) is 0 Å². The summed E-state index contributed by atoms with van der Waals surface area (Å²) in [4.78, 5) is 0. The van der Waals surface area contributed by atoms with Gasteiger partial charge >= 0.3 is 0 Å². The predicted molar refractivity (Wildman–Crippen MR) is 57.7 cm³/mol. The highest BCUT2D eigenvalue weighted by molar-refractivity contribution is 5.01. The molecular formula is C11H24N2. The quantitative estimate of drug-likeness (QED) is 0.640. The molecule has 1 unspecified atom stereocenters. The minimum atomic E-state index is 0.000743. The third-order valence-corrected chi connectivity index (χ3v) is 2.90. The van der Waals surface area contributed by atoms with Gasteiger partial charge in [-0.1, -0.05) is 13.8 Å². The van der Waals surface area contributed by atoms with Gasteiger partial charge in [-0.05, 0) is 45.1 Å². The molecular weight excluding hydrogens is 160 g/mol. The topological polar surface area (TPSA) is 38.0 Å². The van der Waals surface area contributed by atoms with E-state index in [1.54, 1.807) is 0 Å². The number of hydrogen-bond acceptors (Lipinski definition) is 2. The zero-order chi connectivity index (χ0) is 10.1. The predicted octanol–water partition coefficient (Wildman–Crippen LogP) is 1.89. The zero-order valence-electron chi connectivity index (χ0n) is 9.48. The third-order valence-electron chi connectivity index (χ3n) is 2.90. The van der Waals surface area contributed by atoms with E-state index in [1.807, 2.05) is 0 Å². The molecule has 0 amide bonds. The molecule has 1 fully saturated rings. The monoisotopic (exact) mass is 184 g/mol. The Kier molecular flexibility index (Phi) is 3.03. The Balaban J connectivity index is 1.97. The van der Waals surface area contributed by atoms with Crippen LogP contribution in [0, 0.1) is 5.41 Å². The summed E-state index contributed by atoms with van der Waals surface area (Å²) in [5.74, 6) is 0. The molecule has 2 nitrogen and oxygen atoms in total. The van der Waals surface area contributed by atoms with E-state index in [0.717, 1.165) is 19.0 Å². The van der Waals surface area contributed by atoms with Crippen LogP contribution in [0.5, 0.6) is 0 Å². The largest absolute Gasteiger partial charge is 0.326 e. The molecule has 2 heteroatoms. The zero-order valence-corrected chi connectivity index (χ0v) is 9.48. The van der Waals surface area contributed by atoms with Crippen molar-refractivity contribution in [3.05, 3.63) is 0 Å². The average molecular weight is 184 g/mol. The standard InChI is InChI=1S/C11H24N2/c1-10(2)8-9(10)13-7-5-6-11(3,4)12/h9,13H,5-8,12H2,1-4H3. The van der Waals surface area contributed by atoms with Crippen molar-refractivity contribution in [3.63, 3.8) is 0 Å². The second-order valence-corrected chi connectivity index (χ2v) is 5.79. The van der Waals surface area contributed by atoms with Crippen molar-refractivity contribution in [1.29, 1.82) is 0 Å². The van der Waals surface area contributed by atoms with Crippen molar-refractivity contribution in [2.24, 2.45) is 11.1 Å². The summed E-state index contributed by atoms with van der Waals surface area (Å²) in [5.41, 5.74) is 6.45. The molecule has 0 aromatic carbocycles. The molecule has 0 radical (unpaired) electrons. The molecule has 0 saturated heterocycles. The highest BCUT2D eigenvalue weighted by Crippen LogP contribution is 2.44. The normalized spacial score (nSPS) is 26.1. The first-order valence-electron chi connectivity index (χ1n) is 5.33. The van der Waals surface area contributed by atoms with Crippen LogP contribution in [0.3, 0.4) is 0 Å². The van der Waals surface area contributed by atoms with Gasteiger partial charge in [0.05, 0.1) is 0 Å². The van der Waals surface area contributed by atoms with Gasteiger partial charge in [-0.2, -0.15) is 0 Å². The highest BCUT2D eigenvalue weighted by atomic mass is 15.0. The lowest BCUT2D eigenvalue weighted by Crippen LogP contribution is -2.33. The number of rotatable bonds is 5. The summed E-state index contributed by atoms with van der Waals surface area (Å²) in [7, 11) is 0. The molecule has 1 aliphatic rings. The van der Waals surface area contributed by atoms with Crippen LogP contribution >= 0.6 is 0 Å². The van der Waals surface area contributed by atoms with Gasteiger partial charge in [0.2, 0.25) is 0 Å². The molecule has 0 aromatic heterocycles. The van der Waals surface area contributed by atoms with E-state index < -0.39 is 0 Å². The van der Waals surface area contributed by atoms with E-state index >= 15 is 0 Å². The molecule has 13 heavy (non-hydrogen) atoms. The van der Waals surface area contributed by atoms with E-state index in [-0.39, 0.29) is 5.54 Å². The van der Waals surface area contributed by atoms with Crippen LogP contribution in [0.4, 0.5) is 0 Å². The number of nitrogens with two attached hydrogens (primary N) is 1. The summed E-state index contributed by atoms with van der Waals surface area (Å²) in [5, 5.41) is 3.56. The van der Waals surface area contributed by atoms with Gasteiger partial charge in [0.15, 0.2) is 0 Å². The van der Waals surface area contributed by atoms with Crippen molar-refractivity contribution < 1.29 is 0 Å². The van der Waals surface area contributed by atoms with Gasteiger partial charge in [-0.15, -0.1) is 0 Å². The summed E-state index contributed by atoms with van der Waals surface area (Å²) in [6, 6.07) is 0.758. The molecule has 0 aromatic rings. The van der Waals surface area contributed by atoms with Gasteiger partial charge in [-0.3, -0.25) is 0 Å². The fourth-order valence-corrected chi connectivity index (χ4v) is 1.64. The Bertz CT molecular complexity index is 167. The Morgan fingerprint density at radius 3 is 2.38 bits per heavy atom. The molecule has 0 heterocycles. The fourth-order valence-electron chi connectivity index (χ4n) is 1.64. The summed E-state index contributed by atoms with van der Waals surface area (Å²) >= 11 is 0. The van der Waals surface area contributed by atoms with Crippen LogP contribution in [-0.4, -0.2) is 18.1 Å². The maximum absolute atomic E-state index is 5.89. The van der Waals surface area contributed by atoms with E-state index in [4.69, 9.17) is 5.73 Å². The van der Waals surface area contributed by atoms with Crippen molar-refractivity contribution in [2.45, 2.75) is 58.5 Å². The first-order valence-corrected chi connectivity index (χ1v) is 5.33. The van der Waals surface area contributed by atoms with Gasteiger partial charge in [0.25, 0.3) is 0 Å². The molecule has 1 saturated carbocycles. The maximum atomic E-state index is 5.89. The SMILES string of the molecule is CC(C)(N)CCCNC1CC1(C)C. The van der Waals surface area contributed by atoms with Crippen LogP contribution in [0.1, 0.15) is 47.0 Å². The smallest absolute Gasteiger partial charge is 0.0124 e. The van der Waals surface area contributed by atoms with Gasteiger partial charge < -0.3 is 11.1 Å². The maximum Gasteiger partial charge on any atom is 0.0124 e. The minimum absolute atomic E-state index is 0.000743. The minimum Gasteiger partial charge on any atom is -0.326 e. The summed E-state index contributed by atoms with van der Waals surface area (Å²) < 4.78 is 0. The number of hydrogen-bond donors (Lipinski definition) is 2. The molecule has 78 valence electrons. The van der Waals surface area contributed by atoms with Crippen LogP contribution in [0.2, 0.25) is 0 Å².